The second kappa shape index (κ2) is 5.14. The third-order valence-corrected chi connectivity index (χ3v) is 2.32. The van der Waals surface area contributed by atoms with Gasteiger partial charge in [-0.1, -0.05) is 6.07 Å². The Bertz CT molecular complexity index is 680. The predicted octanol–water partition coefficient (Wildman–Crippen LogP) is 2.58. The molecule has 0 aliphatic carbocycles. The van der Waals surface area contributed by atoms with Gasteiger partial charge in [0, 0.05) is 6.20 Å². The van der Waals surface area contributed by atoms with Crippen LogP contribution in [0.1, 0.15) is 15.9 Å². The highest BCUT2D eigenvalue weighted by Crippen LogP contribution is 2.28. The molecule has 0 atom stereocenters. The van der Waals surface area contributed by atoms with Crippen molar-refractivity contribution in [2.24, 2.45) is 0 Å². The fraction of sp³-hybridized carbons (Fsp3) is 0. The van der Waals surface area contributed by atoms with Gasteiger partial charge < -0.3 is 9.84 Å². The molecule has 0 aliphatic rings. The van der Waals surface area contributed by atoms with Crippen LogP contribution in [0.5, 0.6) is 11.5 Å². The number of pyridine rings is 1. The Kier molecular flexibility index (Phi) is 3.39. The maximum atomic E-state index is 13.4. The third kappa shape index (κ3) is 2.50. The maximum Gasteiger partial charge on any atom is 0.339 e. The maximum absolute atomic E-state index is 13.4. The molecule has 1 aromatic heterocycles. The average molecular weight is 258 g/mol. The highest BCUT2D eigenvalue weighted by Gasteiger charge is 2.15. The van der Waals surface area contributed by atoms with Crippen molar-refractivity contribution < 1.29 is 19.0 Å². The molecular formula is C13H7FN2O3. The van der Waals surface area contributed by atoms with E-state index in [0.717, 1.165) is 6.07 Å². The number of rotatable bonds is 3. The van der Waals surface area contributed by atoms with Crippen molar-refractivity contribution in [1.82, 2.24) is 4.98 Å². The second-order valence-electron chi connectivity index (χ2n) is 3.50. The van der Waals surface area contributed by atoms with Gasteiger partial charge in [-0.05, 0) is 18.2 Å². The van der Waals surface area contributed by atoms with Crippen LogP contribution in [0.15, 0.2) is 36.7 Å². The van der Waals surface area contributed by atoms with Crippen LogP contribution in [0.4, 0.5) is 4.39 Å². The van der Waals surface area contributed by atoms with E-state index >= 15 is 0 Å². The molecule has 0 amide bonds. The highest BCUT2D eigenvalue weighted by molar-refractivity contribution is 5.90. The lowest BCUT2D eigenvalue weighted by atomic mass is 10.2. The Labute approximate surface area is 107 Å². The fourth-order valence-corrected chi connectivity index (χ4v) is 1.45. The SMILES string of the molecule is N#Cc1c(F)cccc1Oc1cnccc1C(=O)O. The molecule has 5 nitrogen and oxygen atoms in total. The monoisotopic (exact) mass is 258 g/mol. The normalized spacial score (nSPS) is 9.68. The zero-order valence-corrected chi connectivity index (χ0v) is 9.50. The van der Waals surface area contributed by atoms with Gasteiger partial charge in [0.15, 0.2) is 5.75 Å². The molecule has 1 heterocycles. The van der Waals surface area contributed by atoms with Crippen molar-refractivity contribution in [2.75, 3.05) is 0 Å². The van der Waals surface area contributed by atoms with Gasteiger partial charge >= 0.3 is 5.97 Å². The number of nitriles is 1. The van der Waals surface area contributed by atoms with Crippen LogP contribution in [0, 0.1) is 17.1 Å². The van der Waals surface area contributed by atoms with E-state index in [-0.39, 0.29) is 22.6 Å². The van der Waals surface area contributed by atoms with E-state index in [1.54, 1.807) is 6.07 Å². The molecule has 0 radical (unpaired) electrons. The van der Waals surface area contributed by atoms with E-state index in [0.29, 0.717) is 0 Å². The number of benzene rings is 1. The number of ether oxygens (including phenoxy) is 1. The molecule has 0 unspecified atom stereocenters. The molecule has 2 rings (SSSR count). The molecule has 19 heavy (non-hydrogen) atoms. The van der Waals surface area contributed by atoms with Crippen LogP contribution < -0.4 is 4.74 Å². The number of halogens is 1. The summed E-state index contributed by atoms with van der Waals surface area (Å²) in [6, 6.07) is 6.77. The van der Waals surface area contributed by atoms with E-state index in [9.17, 15) is 9.18 Å². The summed E-state index contributed by atoms with van der Waals surface area (Å²) >= 11 is 0. The summed E-state index contributed by atoms with van der Waals surface area (Å²) in [5, 5.41) is 17.8. The molecule has 0 bridgehead atoms. The zero-order chi connectivity index (χ0) is 13.8. The average Bonchev–Trinajstić information content (AvgIpc) is 2.39. The number of nitrogens with zero attached hydrogens (tertiary/aromatic N) is 2. The zero-order valence-electron chi connectivity index (χ0n) is 9.50. The lowest BCUT2D eigenvalue weighted by Gasteiger charge is -2.09. The number of carboxylic acid groups (broad SMARTS) is 1. The predicted molar refractivity (Wildman–Crippen MR) is 62.4 cm³/mol. The smallest absolute Gasteiger partial charge is 0.339 e. The van der Waals surface area contributed by atoms with E-state index in [4.69, 9.17) is 15.1 Å². The largest absolute Gasteiger partial charge is 0.478 e. The molecule has 0 fully saturated rings. The number of carboxylic acids is 1. The molecule has 0 saturated carbocycles. The van der Waals surface area contributed by atoms with Crippen LogP contribution in [0.3, 0.4) is 0 Å². The standard InChI is InChI=1S/C13H7FN2O3/c14-10-2-1-3-11(9(10)6-15)19-12-7-16-5-4-8(12)13(17)18/h1-5,7H,(H,17,18). The molecule has 2 aromatic rings. The van der Waals surface area contributed by atoms with Crippen LogP contribution in [-0.4, -0.2) is 16.1 Å². The number of hydrogen-bond donors (Lipinski definition) is 1. The second-order valence-corrected chi connectivity index (χ2v) is 3.50. The summed E-state index contributed by atoms with van der Waals surface area (Å²) in [6.45, 7) is 0. The molecule has 0 saturated heterocycles. The van der Waals surface area contributed by atoms with Crippen molar-refractivity contribution in [1.29, 1.82) is 5.26 Å². The first-order chi connectivity index (χ1) is 9.13. The Morgan fingerprint density at radius 1 is 1.37 bits per heavy atom. The van der Waals surface area contributed by atoms with Crippen molar-refractivity contribution in [2.45, 2.75) is 0 Å². The first-order valence-electron chi connectivity index (χ1n) is 5.17. The van der Waals surface area contributed by atoms with Crippen molar-refractivity contribution in [3.05, 3.63) is 53.6 Å². The molecule has 94 valence electrons. The Morgan fingerprint density at radius 2 is 2.16 bits per heavy atom. The van der Waals surface area contributed by atoms with Crippen molar-refractivity contribution >= 4 is 5.97 Å². The van der Waals surface area contributed by atoms with Crippen LogP contribution in [-0.2, 0) is 0 Å². The quantitative estimate of drug-likeness (QED) is 0.914. The minimum atomic E-state index is -1.20. The van der Waals surface area contributed by atoms with Gasteiger partial charge in [0.05, 0.1) is 6.20 Å². The number of hydrogen-bond acceptors (Lipinski definition) is 4. The van der Waals surface area contributed by atoms with Gasteiger partial charge in [-0.25, -0.2) is 9.18 Å². The summed E-state index contributed by atoms with van der Waals surface area (Å²) in [7, 11) is 0. The lowest BCUT2D eigenvalue weighted by molar-refractivity contribution is 0.0694. The molecule has 6 heteroatoms. The minimum absolute atomic E-state index is 0.0574. The van der Waals surface area contributed by atoms with Gasteiger partial charge in [-0.15, -0.1) is 0 Å². The Hall–Kier alpha value is -2.94. The van der Waals surface area contributed by atoms with Gasteiger partial charge in [0.25, 0.3) is 0 Å². The molecular weight excluding hydrogens is 251 g/mol. The highest BCUT2D eigenvalue weighted by atomic mass is 19.1. The summed E-state index contributed by atoms with van der Waals surface area (Å²) in [5.41, 5.74) is -0.411. The van der Waals surface area contributed by atoms with Gasteiger partial charge in [0.2, 0.25) is 0 Å². The Morgan fingerprint density at radius 3 is 2.84 bits per heavy atom. The van der Waals surface area contributed by atoms with Crippen molar-refractivity contribution in [3.63, 3.8) is 0 Å². The summed E-state index contributed by atoms with van der Waals surface area (Å²) in [5.74, 6) is -2.05. The molecule has 0 spiro atoms. The van der Waals surface area contributed by atoms with Gasteiger partial charge in [-0.2, -0.15) is 5.26 Å². The van der Waals surface area contributed by atoms with E-state index < -0.39 is 11.8 Å². The van der Waals surface area contributed by atoms with Crippen LogP contribution in [0.2, 0.25) is 0 Å². The summed E-state index contributed by atoms with van der Waals surface area (Å²) in [4.78, 5) is 14.7. The van der Waals surface area contributed by atoms with Gasteiger partial charge in [-0.3, -0.25) is 4.98 Å². The van der Waals surface area contributed by atoms with E-state index in [1.807, 2.05) is 0 Å². The molecule has 1 aromatic carbocycles. The topological polar surface area (TPSA) is 83.2 Å². The summed E-state index contributed by atoms with van der Waals surface area (Å²) in [6.07, 6.45) is 2.49. The minimum Gasteiger partial charge on any atom is -0.478 e. The van der Waals surface area contributed by atoms with E-state index in [1.165, 1.54) is 30.6 Å². The van der Waals surface area contributed by atoms with E-state index in [2.05, 4.69) is 4.98 Å². The molecule has 1 N–H and O–H groups in total. The fourth-order valence-electron chi connectivity index (χ4n) is 1.45. The van der Waals surface area contributed by atoms with Crippen LogP contribution in [0.25, 0.3) is 0 Å². The summed E-state index contributed by atoms with van der Waals surface area (Å²) < 4.78 is 18.6. The number of aromatic nitrogens is 1. The number of carbonyl (C=O) groups is 1. The first kappa shape index (κ1) is 12.5. The van der Waals surface area contributed by atoms with Crippen LogP contribution >= 0.6 is 0 Å². The first-order valence-corrected chi connectivity index (χ1v) is 5.17. The molecule has 0 aliphatic heterocycles. The van der Waals surface area contributed by atoms with Crippen molar-refractivity contribution in [3.8, 4) is 17.6 Å². The van der Waals surface area contributed by atoms with Gasteiger partial charge in [0.1, 0.15) is 28.8 Å². The lowest BCUT2D eigenvalue weighted by Crippen LogP contribution is -2.01. The third-order valence-electron chi connectivity index (χ3n) is 2.32. The number of aromatic carboxylic acids is 1. The Balaban J connectivity index is 2.46.